The molecule has 0 aliphatic rings. The second kappa shape index (κ2) is 8.72. The molecule has 3 aromatic carbocycles. The van der Waals surface area contributed by atoms with E-state index in [1.165, 1.54) is 10.6 Å². The fraction of sp³-hybridized carbons (Fsp3) is 0.125. The Balaban J connectivity index is 1.81. The third-order valence-corrected chi connectivity index (χ3v) is 5.28. The van der Waals surface area contributed by atoms with E-state index in [-0.39, 0.29) is 6.54 Å². The molecule has 0 atom stereocenters. The molecule has 1 aromatic heterocycles. The molecule has 0 aliphatic carbocycles. The van der Waals surface area contributed by atoms with Crippen molar-refractivity contribution in [3.8, 4) is 11.4 Å². The number of rotatable bonds is 5. The first kappa shape index (κ1) is 21.4. The molecule has 0 spiro atoms. The lowest BCUT2D eigenvalue weighted by Crippen LogP contribution is -2.40. The van der Waals surface area contributed by atoms with Crippen molar-refractivity contribution in [2.24, 2.45) is 0 Å². The van der Waals surface area contributed by atoms with Gasteiger partial charge in [0, 0.05) is 10.7 Å². The highest BCUT2D eigenvalue weighted by Gasteiger charge is 2.17. The van der Waals surface area contributed by atoms with E-state index in [4.69, 9.17) is 16.3 Å². The molecular weight excluding hydrogens is 430 g/mol. The van der Waals surface area contributed by atoms with Gasteiger partial charge in [0.05, 0.1) is 23.7 Å². The highest BCUT2D eigenvalue weighted by Crippen LogP contribution is 2.17. The number of ether oxygens (including phenoxy) is 1. The van der Waals surface area contributed by atoms with Crippen LogP contribution in [0.4, 0.5) is 5.69 Å². The van der Waals surface area contributed by atoms with Crippen LogP contribution in [0, 0.1) is 6.92 Å². The average Bonchev–Trinajstić information content (AvgIpc) is 2.77. The van der Waals surface area contributed by atoms with Gasteiger partial charge in [0.15, 0.2) is 0 Å². The molecular formula is C24H20ClN3O4. The van der Waals surface area contributed by atoms with Crippen molar-refractivity contribution in [3.05, 3.63) is 98.2 Å². The monoisotopic (exact) mass is 449 g/mol. The first-order valence-electron chi connectivity index (χ1n) is 9.83. The van der Waals surface area contributed by atoms with Gasteiger partial charge in [-0.05, 0) is 61.5 Å². The molecule has 4 rings (SSSR count). The molecule has 4 aromatic rings. The van der Waals surface area contributed by atoms with Crippen LogP contribution in [-0.4, -0.2) is 22.2 Å². The van der Waals surface area contributed by atoms with E-state index in [9.17, 15) is 14.4 Å². The van der Waals surface area contributed by atoms with E-state index in [0.29, 0.717) is 33.0 Å². The minimum atomic E-state index is -0.626. The quantitative estimate of drug-likeness (QED) is 0.503. The molecule has 0 unspecified atom stereocenters. The van der Waals surface area contributed by atoms with E-state index < -0.39 is 17.2 Å². The van der Waals surface area contributed by atoms with Gasteiger partial charge in [-0.25, -0.2) is 9.36 Å². The number of halogens is 1. The normalized spacial score (nSPS) is 10.8. The number of benzene rings is 3. The van der Waals surface area contributed by atoms with Gasteiger partial charge in [-0.1, -0.05) is 29.3 Å². The minimum absolute atomic E-state index is 0.273. The number of carbonyl (C=O) groups is 1. The van der Waals surface area contributed by atoms with Crippen molar-refractivity contribution in [1.29, 1.82) is 0 Å². The first-order valence-corrected chi connectivity index (χ1v) is 10.2. The van der Waals surface area contributed by atoms with Crippen LogP contribution in [0.25, 0.3) is 16.6 Å². The topological polar surface area (TPSA) is 82.3 Å². The second-order valence-corrected chi connectivity index (χ2v) is 7.72. The summed E-state index contributed by atoms with van der Waals surface area (Å²) in [6.45, 7) is 1.58. The summed E-state index contributed by atoms with van der Waals surface area (Å²) in [6.07, 6.45) is 0. The van der Waals surface area contributed by atoms with Gasteiger partial charge in [0.2, 0.25) is 5.91 Å². The molecule has 1 N–H and O–H groups in total. The number of nitrogens with zero attached hydrogens (tertiary/aromatic N) is 2. The Labute approximate surface area is 188 Å². The predicted molar refractivity (Wildman–Crippen MR) is 125 cm³/mol. The Morgan fingerprint density at radius 2 is 1.78 bits per heavy atom. The van der Waals surface area contributed by atoms with Crippen LogP contribution in [0.2, 0.25) is 5.02 Å². The van der Waals surface area contributed by atoms with E-state index in [0.717, 1.165) is 10.1 Å². The maximum atomic E-state index is 13.4. The van der Waals surface area contributed by atoms with Crippen molar-refractivity contribution < 1.29 is 9.53 Å². The fourth-order valence-electron chi connectivity index (χ4n) is 3.50. The van der Waals surface area contributed by atoms with Crippen molar-refractivity contribution in [2.45, 2.75) is 13.5 Å². The molecule has 162 valence electrons. The second-order valence-electron chi connectivity index (χ2n) is 7.29. The number of nitrogens with one attached hydrogen (secondary N) is 1. The molecule has 0 bridgehead atoms. The van der Waals surface area contributed by atoms with Gasteiger partial charge in [0.25, 0.3) is 5.56 Å². The lowest BCUT2D eigenvalue weighted by Gasteiger charge is -2.15. The highest BCUT2D eigenvalue weighted by atomic mass is 35.5. The number of anilines is 1. The standard InChI is InChI=1S/C24H20ClN3O4/c1-15-6-11-21-20(12-15)23(30)28(18-5-3-4-16(25)13-18)24(31)27(21)14-22(29)26-17-7-9-19(32-2)10-8-17/h3-13H,14H2,1-2H3,(H,26,29). The van der Waals surface area contributed by atoms with Gasteiger partial charge in [-0.3, -0.25) is 14.2 Å². The Hall–Kier alpha value is -3.84. The molecule has 0 saturated heterocycles. The number of amides is 1. The number of hydrogen-bond acceptors (Lipinski definition) is 4. The van der Waals surface area contributed by atoms with Crippen LogP contribution < -0.4 is 21.3 Å². The molecule has 7 nitrogen and oxygen atoms in total. The van der Waals surface area contributed by atoms with Crippen molar-refractivity contribution >= 4 is 34.1 Å². The van der Waals surface area contributed by atoms with Crippen LogP contribution in [0.15, 0.2) is 76.3 Å². The maximum Gasteiger partial charge on any atom is 0.336 e. The van der Waals surface area contributed by atoms with Gasteiger partial charge >= 0.3 is 5.69 Å². The number of aromatic nitrogens is 2. The zero-order chi connectivity index (χ0) is 22.8. The lowest BCUT2D eigenvalue weighted by atomic mass is 10.1. The van der Waals surface area contributed by atoms with Gasteiger partial charge in [0.1, 0.15) is 12.3 Å². The molecule has 32 heavy (non-hydrogen) atoms. The summed E-state index contributed by atoms with van der Waals surface area (Å²) in [7, 11) is 1.56. The fourth-order valence-corrected chi connectivity index (χ4v) is 3.69. The van der Waals surface area contributed by atoms with E-state index in [1.807, 2.05) is 6.92 Å². The molecule has 0 aliphatic heterocycles. The van der Waals surface area contributed by atoms with Crippen LogP contribution in [0.1, 0.15) is 5.56 Å². The molecule has 1 amide bonds. The zero-order valence-corrected chi connectivity index (χ0v) is 18.2. The van der Waals surface area contributed by atoms with Crippen LogP contribution in [-0.2, 0) is 11.3 Å². The first-order chi connectivity index (χ1) is 15.4. The van der Waals surface area contributed by atoms with Gasteiger partial charge in [-0.15, -0.1) is 0 Å². The van der Waals surface area contributed by atoms with Crippen molar-refractivity contribution in [1.82, 2.24) is 9.13 Å². The number of fused-ring (bicyclic) bond motifs is 1. The minimum Gasteiger partial charge on any atom is -0.497 e. The summed E-state index contributed by atoms with van der Waals surface area (Å²) in [5.74, 6) is 0.254. The summed E-state index contributed by atoms with van der Waals surface area (Å²) >= 11 is 6.08. The molecule has 0 saturated carbocycles. The van der Waals surface area contributed by atoms with E-state index in [1.54, 1.807) is 67.8 Å². The van der Waals surface area contributed by atoms with Gasteiger partial charge in [-0.2, -0.15) is 0 Å². The molecule has 0 fully saturated rings. The smallest absolute Gasteiger partial charge is 0.336 e. The number of methoxy groups -OCH3 is 1. The summed E-state index contributed by atoms with van der Waals surface area (Å²) < 4.78 is 7.44. The summed E-state index contributed by atoms with van der Waals surface area (Å²) in [5, 5.41) is 3.49. The van der Waals surface area contributed by atoms with Crippen LogP contribution >= 0.6 is 11.6 Å². The average molecular weight is 450 g/mol. The summed E-state index contributed by atoms with van der Waals surface area (Å²) in [4.78, 5) is 39.3. The van der Waals surface area contributed by atoms with Crippen molar-refractivity contribution in [3.63, 3.8) is 0 Å². The highest BCUT2D eigenvalue weighted by molar-refractivity contribution is 6.30. The number of aryl methyl sites for hydroxylation is 1. The molecule has 1 heterocycles. The number of hydrogen-bond donors (Lipinski definition) is 1. The summed E-state index contributed by atoms with van der Waals surface area (Å²) in [6, 6.07) is 18.5. The summed E-state index contributed by atoms with van der Waals surface area (Å²) in [5.41, 5.74) is 1.04. The Morgan fingerprint density at radius 1 is 1.03 bits per heavy atom. The zero-order valence-electron chi connectivity index (χ0n) is 17.5. The molecule has 0 radical (unpaired) electrons. The Morgan fingerprint density at radius 3 is 2.47 bits per heavy atom. The van der Waals surface area contributed by atoms with E-state index >= 15 is 0 Å². The predicted octanol–water partition coefficient (Wildman–Crippen LogP) is 3.76. The SMILES string of the molecule is COc1ccc(NC(=O)Cn2c(=O)n(-c3cccc(Cl)c3)c(=O)c3cc(C)ccc32)cc1. The van der Waals surface area contributed by atoms with Crippen LogP contribution in [0.5, 0.6) is 5.75 Å². The third-order valence-electron chi connectivity index (χ3n) is 5.04. The maximum absolute atomic E-state index is 13.4. The molecule has 8 heteroatoms. The van der Waals surface area contributed by atoms with Gasteiger partial charge < -0.3 is 10.1 Å². The third kappa shape index (κ3) is 4.15. The Bertz CT molecular complexity index is 1440. The largest absolute Gasteiger partial charge is 0.497 e. The van der Waals surface area contributed by atoms with E-state index in [2.05, 4.69) is 5.32 Å². The lowest BCUT2D eigenvalue weighted by molar-refractivity contribution is -0.116. The Kier molecular flexibility index (Phi) is 5.83. The van der Waals surface area contributed by atoms with Crippen LogP contribution in [0.3, 0.4) is 0 Å². The van der Waals surface area contributed by atoms with Crippen molar-refractivity contribution in [2.75, 3.05) is 12.4 Å². The number of carbonyl (C=O) groups excluding carboxylic acids is 1.